The van der Waals surface area contributed by atoms with Crippen molar-refractivity contribution in [3.05, 3.63) is 68.8 Å². The molecule has 1 amide bonds. The minimum absolute atomic E-state index is 0.0401. The van der Waals surface area contributed by atoms with Crippen LogP contribution in [0.3, 0.4) is 0 Å². The van der Waals surface area contributed by atoms with Crippen LogP contribution in [0, 0.1) is 10.8 Å². The lowest BCUT2D eigenvalue weighted by Crippen LogP contribution is -2.44. The Morgan fingerprint density at radius 1 is 0.689 bits per heavy atom. The topological polar surface area (TPSA) is 20.3 Å². The van der Waals surface area contributed by atoms with E-state index in [1.165, 1.54) is 44.5 Å². The molecule has 0 saturated carbocycles. The minimum Gasteiger partial charge on any atom is -0.337 e. The molecular formula is C42H66ClNO. The van der Waals surface area contributed by atoms with Gasteiger partial charge in [-0.05, 0) is 105 Å². The van der Waals surface area contributed by atoms with Gasteiger partial charge in [0.15, 0.2) is 0 Å². The second kappa shape index (κ2) is 14.5. The van der Waals surface area contributed by atoms with Crippen molar-refractivity contribution in [3.8, 4) is 0 Å². The Bertz CT molecular complexity index is 1190. The van der Waals surface area contributed by atoms with Gasteiger partial charge in [-0.15, -0.1) is 11.6 Å². The number of halogens is 1. The number of carbonyl (C=O) groups excluding carboxylic acids is 1. The number of likely N-dealkylation sites (tertiary alicyclic amines) is 1. The van der Waals surface area contributed by atoms with Crippen molar-refractivity contribution in [3.63, 3.8) is 0 Å². The smallest absolute Gasteiger partial charge is 0.228 e. The summed E-state index contributed by atoms with van der Waals surface area (Å²) in [6.07, 6.45) is 2.86. The van der Waals surface area contributed by atoms with Crippen LogP contribution in [0.5, 0.6) is 0 Å². The summed E-state index contributed by atoms with van der Waals surface area (Å²) in [7, 11) is 0. The second-order valence-electron chi connectivity index (χ2n) is 17.3. The lowest BCUT2D eigenvalue weighted by Gasteiger charge is -2.36. The van der Waals surface area contributed by atoms with E-state index in [2.05, 4.69) is 133 Å². The van der Waals surface area contributed by atoms with Crippen LogP contribution in [0.25, 0.3) is 0 Å². The molecule has 1 aliphatic heterocycles. The van der Waals surface area contributed by atoms with Crippen molar-refractivity contribution in [2.75, 3.05) is 12.4 Å². The Hall–Kier alpha value is -1.80. The molecule has 0 N–H and O–H groups in total. The molecule has 1 atom stereocenters. The predicted octanol–water partition coefficient (Wildman–Crippen LogP) is 12.1. The molecule has 0 unspecified atom stereocenters. The third-order valence-corrected chi connectivity index (χ3v) is 10.7. The Balaban J connectivity index is 2.37. The molecule has 252 valence electrons. The summed E-state index contributed by atoms with van der Waals surface area (Å²) in [5, 5.41) is 0. The summed E-state index contributed by atoms with van der Waals surface area (Å²) in [6, 6.07) is 10.0. The molecule has 2 aromatic rings. The molecule has 0 radical (unpaired) electrons. The molecule has 1 heterocycles. The van der Waals surface area contributed by atoms with Gasteiger partial charge in [-0.2, -0.15) is 0 Å². The van der Waals surface area contributed by atoms with Crippen molar-refractivity contribution in [2.24, 2.45) is 10.8 Å². The van der Waals surface area contributed by atoms with Gasteiger partial charge in [0.25, 0.3) is 0 Å². The Morgan fingerprint density at radius 3 is 1.27 bits per heavy atom. The van der Waals surface area contributed by atoms with Crippen LogP contribution in [0.1, 0.15) is 190 Å². The maximum absolute atomic E-state index is 14.0. The van der Waals surface area contributed by atoms with Crippen molar-refractivity contribution in [1.29, 1.82) is 0 Å². The highest BCUT2D eigenvalue weighted by Crippen LogP contribution is 2.48. The van der Waals surface area contributed by atoms with E-state index < -0.39 is 5.41 Å². The SMILES string of the molecule is CC(C)c1cc(C(C)C)c(CC2(Cc3c(C(C)C)cc(C(C)C)cc3C(C)C)C[C@@H](CCl)N(C(=O)C(C)(C)C)C2)c(C(C)C)c1. The van der Waals surface area contributed by atoms with E-state index in [-0.39, 0.29) is 17.4 Å². The number of hydrogen-bond acceptors (Lipinski definition) is 1. The zero-order valence-electron chi connectivity index (χ0n) is 31.6. The Morgan fingerprint density at radius 2 is 1.02 bits per heavy atom. The van der Waals surface area contributed by atoms with Gasteiger partial charge in [-0.25, -0.2) is 0 Å². The number of hydrogen-bond donors (Lipinski definition) is 0. The molecule has 3 heteroatoms. The van der Waals surface area contributed by atoms with Crippen molar-refractivity contribution < 1.29 is 4.79 Å². The highest BCUT2D eigenvalue weighted by Gasteiger charge is 2.48. The molecule has 0 aliphatic carbocycles. The Labute approximate surface area is 283 Å². The molecule has 1 fully saturated rings. The van der Waals surface area contributed by atoms with Crippen LogP contribution in [-0.2, 0) is 17.6 Å². The molecule has 0 bridgehead atoms. The predicted molar refractivity (Wildman–Crippen MR) is 198 cm³/mol. The molecule has 2 aromatic carbocycles. The molecule has 1 aliphatic rings. The van der Waals surface area contributed by atoms with E-state index in [0.717, 1.165) is 25.8 Å². The van der Waals surface area contributed by atoms with Gasteiger partial charge in [0.1, 0.15) is 0 Å². The van der Waals surface area contributed by atoms with Gasteiger partial charge in [0.2, 0.25) is 5.91 Å². The van der Waals surface area contributed by atoms with Gasteiger partial charge >= 0.3 is 0 Å². The maximum atomic E-state index is 14.0. The zero-order chi connectivity index (χ0) is 34.2. The van der Waals surface area contributed by atoms with E-state index in [1.807, 2.05) is 0 Å². The van der Waals surface area contributed by atoms with E-state index in [4.69, 9.17) is 11.6 Å². The lowest BCUT2D eigenvalue weighted by molar-refractivity contribution is -0.140. The number of nitrogens with zero attached hydrogens (tertiary/aromatic N) is 1. The average Bonchev–Trinajstić information content (AvgIpc) is 3.29. The van der Waals surface area contributed by atoms with Gasteiger partial charge in [0.05, 0.1) is 0 Å². The van der Waals surface area contributed by atoms with E-state index >= 15 is 0 Å². The molecule has 45 heavy (non-hydrogen) atoms. The van der Waals surface area contributed by atoms with E-state index in [1.54, 1.807) is 0 Å². The van der Waals surface area contributed by atoms with Gasteiger partial charge < -0.3 is 4.90 Å². The second-order valence-corrected chi connectivity index (χ2v) is 17.6. The quantitative estimate of drug-likeness (QED) is 0.225. The standard InChI is InChI=1S/C42H66ClNO/c1-25(2)31-16-34(27(5)6)38(35(17-31)28(7)8)21-42(20-33(23-43)44(24-42)40(45)41(13,14)15)22-39-36(29(9)10)18-32(26(3)4)19-37(39)30(11)12/h16-19,25-30,33H,20-24H2,1-15H3/t33-/m0/s1. The molecular weight excluding hydrogens is 570 g/mol. The third-order valence-electron chi connectivity index (χ3n) is 10.3. The number of amides is 1. The van der Waals surface area contributed by atoms with Crippen LogP contribution < -0.4 is 0 Å². The Kier molecular flexibility index (Phi) is 12.2. The summed E-state index contributed by atoms with van der Waals surface area (Å²) >= 11 is 6.77. The number of carbonyl (C=O) groups is 1. The zero-order valence-corrected chi connectivity index (χ0v) is 32.4. The molecule has 1 saturated heterocycles. The summed E-state index contributed by atoms with van der Waals surface area (Å²) in [5.41, 5.74) is 11.3. The monoisotopic (exact) mass is 635 g/mol. The number of benzene rings is 2. The van der Waals surface area contributed by atoms with Gasteiger partial charge in [-0.3, -0.25) is 4.79 Å². The maximum Gasteiger partial charge on any atom is 0.228 e. The largest absolute Gasteiger partial charge is 0.337 e. The fraction of sp³-hybridized carbons (Fsp3) is 0.690. The highest BCUT2D eigenvalue weighted by atomic mass is 35.5. The third kappa shape index (κ3) is 8.38. The number of rotatable bonds is 11. The van der Waals surface area contributed by atoms with Crippen molar-refractivity contribution in [2.45, 2.75) is 165 Å². The average molecular weight is 636 g/mol. The van der Waals surface area contributed by atoms with Crippen molar-refractivity contribution in [1.82, 2.24) is 4.90 Å². The summed E-state index contributed by atoms with van der Waals surface area (Å²) in [6.45, 7) is 35.0. The summed E-state index contributed by atoms with van der Waals surface area (Å²) < 4.78 is 0. The van der Waals surface area contributed by atoms with Crippen LogP contribution in [0.4, 0.5) is 0 Å². The summed E-state index contributed by atoms with van der Waals surface area (Å²) in [5.74, 6) is 3.36. The van der Waals surface area contributed by atoms with Crippen LogP contribution in [-0.4, -0.2) is 29.3 Å². The first-order chi connectivity index (χ1) is 20.7. The highest BCUT2D eigenvalue weighted by molar-refractivity contribution is 6.18. The molecule has 0 spiro atoms. The van der Waals surface area contributed by atoms with Crippen molar-refractivity contribution >= 4 is 17.5 Å². The normalized spacial score (nSPS) is 17.3. The minimum atomic E-state index is -0.448. The molecule has 2 nitrogen and oxygen atoms in total. The van der Waals surface area contributed by atoms with E-state index in [0.29, 0.717) is 41.4 Å². The van der Waals surface area contributed by atoms with Gasteiger partial charge in [0, 0.05) is 23.9 Å². The first kappa shape index (κ1) is 37.7. The number of alkyl halides is 1. The first-order valence-electron chi connectivity index (χ1n) is 17.9. The summed E-state index contributed by atoms with van der Waals surface area (Å²) in [4.78, 5) is 16.2. The van der Waals surface area contributed by atoms with Crippen LogP contribution >= 0.6 is 11.6 Å². The van der Waals surface area contributed by atoms with E-state index in [9.17, 15) is 4.79 Å². The molecule has 0 aromatic heterocycles. The van der Waals surface area contributed by atoms with Crippen LogP contribution in [0.2, 0.25) is 0 Å². The van der Waals surface area contributed by atoms with Gasteiger partial charge in [-0.1, -0.05) is 128 Å². The fourth-order valence-corrected chi connectivity index (χ4v) is 7.93. The molecule has 3 rings (SSSR count). The fourth-order valence-electron chi connectivity index (χ4n) is 7.66. The van der Waals surface area contributed by atoms with Crippen LogP contribution in [0.15, 0.2) is 24.3 Å². The first-order valence-corrected chi connectivity index (χ1v) is 18.5. The lowest BCUT2D eigenvalue weighted by atomic mass is 9.69.